The van der Waals surface area contributed by atoms with E-state index in [-0.39, 0.29) is 0 Å². The van der Waals surface area contributed by atoms with Crippen LogP contribution in [0.4, 0.5) is 17.1 Å². The molecule has 0 saturated heterocycles. The van der Waals surface area contributed by atoms with E-state index in [0.717, 1.165) is 29.9 Å². The van der Waals surface area contributed by atoms with Gasteiger partial charge >= 0.3 is 0 Å². The van der Waals surface area contributed by atoms with Crippen LogP contribution in [0.25, 0.3) is 88.8 Å². The third kappa shape index (κ3) is 6.60. The van der Waals surface area contributed by atoms with Crippen molar-refractivity contribution in [2.24, 2.45) is 0 Å². The topological polar surface area (TPSA) is 8.17 Å². The van der Waals surface area contributed by atoms with Crippen molar-refractivity contribution in [3.05, 3.63) is 248 Å². The molecular formula is C62H44N2. The van der Waals surface area contributed by atoms with Crippen molar-refractivity contribution < 1.29 is 0 Å². The van der Waals surface area contributed by atoms with Crippen LogP contribution in [0.2, 0.25) is 0 Å². The first kappa shape index (κ1) is 37.6. The van der Waals surface area contributed by atoms with E-state index in [1.165, 1.54) is 93.9 Å². The third-order valence-electron chi connectivity index (χ3n) is 13.0. The van der Waals surface area contributed by atoms with Crippen molar-refractivity contribution >= 4 is 55.7 Å². The normalized spacial score (nSPS) is 12.2. The molecule has 1 aliphatic rings. The zero-order valence-electron chi connectivity index (χ0n) is 35.4. The summed E-state index contributed by atoms with van der Waals surface area (Å²) >= 11 is 0. The summed E-state index contributed by atoms with van der Waals surface area (Å²) < 4.78 is 2.39. The summed E-state index contributed by atoms with van der Waals surface area (Å²) in [7, 11) is 0. The fourth-order valence-electron chi connectivity index (χ4n) is 10.0. The maximum atomic E-state index is 2.46. The van der Waals surface area contributed by atoms with E-state index in [1.807, 2.05) is 0 Å². The molecule has 0 unspecified atom stereocenters. The number of allylic oxidation sites excluding steroid dienone is 1. The largest absolute Gasteiger partial charge is 0.310 e. The molecular weight excluding hydrogens is 773 g/mol. The first-order valence-electron chi connectivity index (χ1n) is 22.3. The lowest BCUT2D eigenvalue weighted by Gasteiger charge is -2.29. The molecule has 0 radical (unpaired) electrons. The Hall–Kier alpha value is -8.20. The van der Waals surface area contributed by atoms with Crippen molar-refractivity contribution in [3.8, 4) is 50.2 Å². The molecule has 0 bridgehead atoms. The Balaban J connectivity index is 0.974. The van der Waals surface area contributed by atoms with Crippen LogP contribution in [0.3, 0.4) is 0 Å². The fourth-order valence-corrected chi connectivity index (χ4v) is 10.0. The molecule has 12 rings (SSSR count). The molecule has 0 aliphatic heterocycles. The number of hydrogen-bond donors (Lipinski definition) is 0. The van der Waals surface area contributed by atoms with Gasteiger partial charge in [0.2, 0.25) is 0 Å². The first-order valence-corrected chi connectivity index (χ1v) is 22.3. The molecule has 0 fully saturated rings. The van der Waals surface area contributed by atoms with Gasteiger partial charge in [-0.2, -0.15) is 0 Å². The second kappa shape index (κ2) is 15.9. The lowest BCUT2D eigenvalue weighted by Crippen LogP contribution is -2.12. The highest BCUT2D eigenvalue weighted by molar-refractivity contribution is 6.16. The Morgan fingerprint density at radius 1 is 0.375 bits per heavy atom. The third-order valence-corrected chi connectivity index (χ3v) is 13.0. The van der Waals surface area contributed by atoms with Crippen molar-refractivity contribution in [2.75, 3.05) is 4.90 Å². The highest BCUT2D eigenvalue weighted by Crippen LogP contribution is 2.45. The molecule has 0 amide bonds. The summed E-state index contributed by atoms with van der Waals surface area (Å²) in [5, 5.41) is 5.10. The highest BCUT2D eigenvalue weighted by atomic mass is 15.1. The Kier molecular flexibility index (Phi) is 9.34. The van der Waals surface area contributed by atoms with Crippen molar-refractivity contribution in [1.29, 1.82) is 0 Å². The van der Waals surface area contributed by atoms with E-state index in [2.05, 4.69) is 252 Å². The molecule has 1 aliphatic carbocycles. The zero-order valence-corrected chi connectivity index (χ0v) is 35.4. The number of nitrogens with zero attached hydrogens (tertiary/aromatic N) is 2. The molecule has 0 saturated carbocycles. The number of para-hydroxylation sites is 2. The standard InChI is InChI=1S/C62H44N2/c1-3-16-43(17-4-1)44-32-34-45(35-33-44)46-36-38-52(39-37-46)63(61-42-50-18-7-8-25-54(50)56-26-9-10-27-57(56)61)53-24-14-20-48(41-53)47-19-13-21-49(40-47)55-29-15-31-60-62(55)58-28-11-12-30-59(58)64(60)51-22-5-2-6-23-51/h1-7,9-24,26-42H,8,25H2. The summed E-state index contributed by atoms with van der Waals surface area (Å²) in [5.74, 6) is 0. The van der Waals surface area contributed by atoms with E-state index >= 15 is 0 Å². The van der Waals surface area contributed by atoms with Crippen LogP contribution in [0, 0.1) is 0 Å². The summed E-state index contributed by atoms with van der Waals surface area (Å²) in [6.07, 6.45) is 6.75. The van der Waals surface area contributed by atoms with Gasteiger partial charge in [-0.1, -0.05) is 182 Å². The van der Waals surface area contributed by atoms with Crippen LogP contribution in [0.5, 0.6) is 0 Å². The molecule has 2 heteroatoms. The lowest BCUT2D eigenvalue weighted by atomic mass is 9.90. The summed E-state index contributed by atoms with van der Waals surface area (Å²) in [5.41, 5.74) is 19.3. The SMILES string of the molecule is C1=Cc2cc(N(c3ccc(-c4ccc(-c5ccccc5)cc4)cc3)c3cccc(-c4cccc(-c5cccc6c5c5ccccc5n6-c5ccccc5)c4)c3)c3ccccc3c2CC1. The number of benzene rings is 10. The maximum Gasteiger partial charge on any atom is 0.0547 e. The Morgan fingerprint density at radius 3 is 1.70 bits per heavy atom. The van der Waals surface area contributed by atoms with Crippen LogP contribution in [-0.4, -0.2) is 4.57 Å². The minimum atomic E-state index is 1.05. The second-order valence-electron chi connectivity index (χ2n) is 16.8. The molecule has 10 aromatic carbocycles. The summed E-state index contributed by atoms with van der Waals surface area (Å²) in [6, 6.07) is 84.3. The monoisotopic (exact) mass is 816 g/mol. The molecule has 11 aromatic rings. The molecule has 2 nitrogen and oxygen atoms in total. The zero-order chi connectivity index (χ0) is 42.4. The van der Waals surface area contributed by atoms with Crippen molar-refractivity contribution in [1.82, 2.24) is 4.57 Å². The molecule has 302 valence electrons. The molecule has 1 aromatic heterocycles. The number of anilines is 3. The first-order chi connectivity index (χ1) is 31.7. The predicted octanol–water partition coefficient (Wildman–Crippen LogP) is 17.0. The average Bonchev–Trinajstić information content (AvgIpc) is 3.72. The van der Waals surface area contributed by atoms with Gasteiger partial charge in [-0.3, -0.25) is 0 Å². The van der Waals surface area contributed by atoms with E-state index in [0.29, 0.717) is 0 Å². The quantitative estimate of drug-likeness (QED) is 0.148. The Bertz CT molecular complexity index is 3520. The molecule has 0 spiro atoms. The minimum Gasteiger partial charge on any atom is -0.310 e. The average molecular weight is 817 g/mol. The predicted molar refractivity (Wildman–Crippen MR) is 272 cm³/mol. The van der Waals surface area contributed by atoms with Gasteiger partial charge in [0.05, 0.1) is 16.7 Å². The molecule has 0 atom stereocenters. The molecule has 64 heavy (non-hydrogen) atoms. The maximum absolute atomic E-state index is 2.46. The highest BCUT2D eigenvalue weighted by Gasteiger charge is 2.21. The number of aromatic nitrogens is 1. The van der Waals surface area contributed by atoms with Gasteiger partial charge < -0.3 is 9.47 Å². The summed E-state index contributed by atoms with van der Waals surface area (Å²) in [4.78, 5) is 2.46. The van der Waals surface area contributed by atoms with Gasteiger partial charge in [0.25, 0.3) is 0 Å². The van der Waals surface area contributed by atoms with Crippen LogP contribution >= 0.6 is 0 Å². The van der Waals surface area contributed by atoms with E-state index in [4.69, 9.17) is 0 Å². The van der Waals surface area contributed by atoms with E-state index in [1.54, 1.807) is 0 Å². The fraction of sp³-hybridized carbons (Fsp3) is 0.0323. The van der Waals surface area contributed by atoms with Gasteiger partial charge in [-0.25, -0.2) is 0 Å². The van der Waals surface area contributed by atoms with Gasteiger partial charge in [0, 0.05) is 33.2 Å². The van der Waals surface area contributed by atoms with E-state index < -0.39 is 0 Å². The second-order valence-corrected chi connectivity index (χ2v) is 16.8. The lowest BCUT2D eigenvalue weighted by molar-refractivity contribution is 0.997. The molecule has 1 heterocycles. The van der Waals surface area contributed by atoms with Crippen LogP contribution in [0.15, 0.2) is 237 Å². The van der Waals surface area contributed by atoms with Crippen molar-refractivity contribution in [3.63, 3.8) is 0 Å². The Labute approximate surface area is 374 Å². The summed E-state index contributed by atoms with van der Waals surface area (Å²) in [6.45, 7) is 0. The van der Waals surface area contributed by atoms with Gasteiger partial charge in [0.15, 0.2) is 0 Å². The number of hydrogen-bond acceptors (Lipinski definition) is 1. The smallest absolute Gasteiger partial charge is 0.0547 e. The number of rotatable bonds is 8. The van der Waals surface area contributed by atoms with Crippen LogP contribution in [-0.2, 0) is 6.42 Å². The Morgan fingerprint density at radius 2 is 0.938 bits per heavy atom. The molecule has 0 N–H and O–H groups in total. The number of fused-ring (bicyclic) bond motifs is 6. The van der Waals surface area contributed by atoms with Crippen LogP contribution < -0.4 is 4.90 Å². The van der Waals surface area contributed by atoms with Gasteiger partial charge in [-0.15, -0.1) is 0 Å². The number of aryl methyl sites for hydroxylation is 1. The van der Waals surface area contributed by atoms with Crippen molar-refractivity contribution in [2.45, 2.75) is 12.8 Å². The van der Waals surface area contributed by atoms with Crippen LogP contribution in [0.1, 0.15) is 17.5 Å². The van der Waals surface area contributed by atoms with E-state index in [9.17, 15) is 0 Å². The minimum absolute atomic E-state index is 1.05. The van der Waals surface area contributed by atoms with Gasteiger partial charge in [-0.05, 0) is 135 Å². The van der Waals surface area contributed by atoms with Gasteiger partial charge in [0.1, 0.15) is 0 Å².